The highest BCUT2D eigenvalue weighted by Crippen LogP contribution is 2.41. The van der Waals surface area contributed by atoms with Crippen molar-refractivity contribution >= 4 is 22.5 Å². The van der Waals surface area contributed by atoms with E-state index in [1.807, 2.05) is 18.2 Å². The maximum atomic E-state index is 8.99. The SMILES string of the molecule is C=C(Cc1ccc(C)cc1)N1CCc2c([nH]c3ccc(Cl)cc23)C1c1ccc(OCCCCO)cc1.O. The normalized spacial score (nSPS) is 14.8. The molecule has 0 saturated heterocycles. The minimum absolute atomic E-state index is 0. The molecule has 0 amide bonds. The van der Waals surface area contributed by atoms with Crippen LogP contribution in [0.3, 0.4) is 0 Å². The molecule has 4 aromatic rings. The van der Waals surface area contributed by atoms with Crippen LogP contribution in [0.5, 0.6) is 5.75 Å². The van der Waals surface area contributed by atoms with E-state index in [4.69, 9.17) is 21.4 Å². The molecule has 0 radical (unpaired) electrons. The number of aliphatic hydroxyl groups excluding tert-OH is 1. The fourth-order valence-electron chi connectivity index (χ4n) is 5.14. The Morgan fingerprint density at radius 3 is 2.57 bits per heavy atom. The van der Waals surface area contributed by atoms with E-state index in [0.29, 0.717) is 6.61 Å². The van der Waals surface area contributed by atoms with Gasteiger partial charge in [-0.3, -0.25) is 0 Å². The first-order valence-electron chi connectivity index (χ1n) is 12.7. The summed E-state index contributed by atoms with van der Waals surface area (Å²) in [4.78, 5) is 6.16. The Morgan fingerprint density at radius 2 is 1.84 bits per heavy atom. The van der Waals surface area contributed by atoms with E-state index in [1.54, 1.807) is 0 Å². The second-order valence-electron chi connectivity index (χ2n) is 9.63. The van der Waals surface area contributed by atoms with Crippen LogP contribution < -0.4 is 4.74 Å². The van der Waals surface area contributed by atoms with Gasteiger partial charge in [0.15, 0.2) is 0 Å². The van der Waals surface area contributed by atoms with Crippen LogP contribution in [0.4, 0.5) is 0 Å². The van der Waals surface area contributed by atoms with Gasteiger partial charge >= 0.3 is 0 Å². The molecule has 5 rings (SSSR count). The number of benzene rings is 3. The first kappa shape index (κ1) is 26.8. The quantitative estimate of drug-likeness (QED) is 0.260. The molecule has 0 saturated carbocycles. The molecule has 37 heavy (non-hydrogen) atoms. The number of rotatable bonds is 9. The van der Waals surface area contributed by atoms with Gasteiger partial charge in [-0.05, 0) is 73.2 Å². The Morgan fingerprint density at radius 1 is 1.08 bits per heavy atom. The first-order chi connectivity index (χ1) is 17.5. The summed E-state index contributed by atoms with van der Waals surface area (Å²) in [6.45, 7) is 8.34. The lowest BCUT2D eigenvalue weighted by Crippen LogP contribution is -2.35. The van der Waals surface area contributed by atoms with Crippen LogP contribution in [0.1, 0.15) is 46.8 Å². The number of H-pyrrole nitrogens is 1. The Balaban J connectivity index is 0.00000320. The average molecular weight is 519 g/mol. The minimum atomic E-state index is 0. The summed E-state index contributed by atoms with van der Waals surface area (Å²) in [7, 11) is 0. The van der Waals surface area contributed by atoms with Crippen LogP contribution >= 0.6 is 11.6 Å². The molecule has 0 fully saturated rings. The lowest BCUT2D eigenvalue weighted by Gasteiger charge is -2.39. The number of nitrogens with zero attached hydrogens (tertiary/aromatic N) is 1. The Hall–Kier alpha value is -3.25. The number of hydrogen-bond donors (Lipinski definition) is 2. The number of aryl methyl sites for hydroxylation is 1. The van der Waals surface area contributed by atoms with Crippen LogP contribution in [0.2, 0.25) is 5.02 Å². The van der Waals surface area contributed by atoms with Crippen molar-refractivity contribution in [2.75, 3.05) is 19.8 Å². The van der Waals surface area contributed by atoms with Gasteiger partial charge in [-0.2, -0.15) is 0 Å². The molecular weight excluding hydrogens is 484 g/mol. The van der Waals surface area contributed by atoms with E-state index >= 15 is 0 Å². The molecule has 5 nitrogen and oxygen atoms in total. The molecule has 194 valence electrons. The van der Waals surface area contributed by atoms with Crippen LogP contribution in [-0.2, 0) is 12.8 Å². The molecule has 1 aliphatic heterocycles. The molecule has 6 heteroatoms. The van der Waals surface area contributed by atoms with Gasteiger partial charge in [-0.25, -0.2) is 0 Å². The third-order valence-corrected chi connectivity index (χ3v) is 7.28. The number of halogens is 1. The van der Waals surface area contributed by atoms with Gasteiger partial charge in [0.1, 0.15) is 5.75 Å². The standard InChI is InChI=1S/C31H33ClN2O2.H2O/c1-21-5-7-23(8-6-21)19-22(2)34-16-15-27-28-20-25(32)11-14-29(28)33-30(27)31(34)24-9-12-26(13-10-24)36-18-4-3-17-35;/h5-14,20,31,33,35H,2-4,15-19H2,1H3;1H2. The van der Waals surface area contributed by atoms with Crippen LogP contribution in [0, 0.1) is 6.92 Å². The number of allylic oxidation sites excluding steroid dienone is 1. The molecule has 1 atom stereocenters. The van der Waals surface area contributed by atoms with Gasteiger partial charge in [0.25, 0.3) is 0 Å². The molecule has 4 N–H and O–H groups in total. The van der Waals surface area contributed by atoms with Crippen molar-refractivity contribution in [3.63, 3.8) is 0 Å². The minimum Gasteiger partial charge on any atom is -0.494 e. The number of aromatic amines is 1. The van der Waals surface area contributed by atoms with Gasteiger partial charge < -0.3 is 25.2 Å². The Kier molecular flexibility index (Phi) is 8.59. The number of hydrogen-bond acceptors (Lipinski definition) is 3. The lowest BCUT2D eigenvalue weighted by atomic mass is 9.91. The number of fused-ring (bicyclic) bond motifs is 3. The molecule has 0 aliphatic carbocycles. The highest BCUT2D eigenvalue weighted by Gasteiger charge is 2.32. The van der Waals surface area contributed by atoms with Crippen molar-refractivity contribution in [2.24, 2.45) is 0 Å². The summed E-state index contributed by atoms with van der Waals surface area (Å²) in [6, 6.07) is 23.2. The van der Waals surface area contributed by atoms with E-state index in [9.17, 15) is 0 Å². The van der Waals surface area contributed by atoms with Crippen molar-refractivity contribution in [3.8, 4) is 5.75 Å². The van der Waals surface area contributed by atoms with E-state index < -0.39 is 0 Å². The Labute approximate surface area is 223 Å². The summed E-state index contributed by atoms with van der Waals surface area (Å²) in [6.07, 6.45) is 3.34. The Bertz CT molecular complexity index is 1350. The summed E-state index contributed by atoms with van der Waals surface area (Å²) >= 11 is 6.36. The predicted octanol–water partition coefficient (Wildman–Crippen LogP) is 6.16. The number of aromatic nitrogens is 1. The summed E-state index contributed by atoms with van der Waals surface area (Å²) in [5.74, 6) is 0.848. The summed E-state index contributed by atoms with van der Waals surface area (Å²) < 4.78 is 5.88. The molecule has 3 aromatic carbocycles. The highest BCUT2D eigenvalue weighted by atomic mass is 35.5. The summed E-state index contributed by atoms with van der Waals surface area (Å²) in [5.41, 5.74) is 8.49. The number of aliphatic hydroxyl groups is 1. The van der Waals surface area contributed by atoms with Gasteiger partial charge in [0.05, 0.1) is 12.6 Å². The largest absolute Gasteiger partial charge is 0.494 e. The molecular formula is C31H35ClN2O3. The van der Waals surface area contributed by atoms with E-state index in [-0.39, 0.29) is 18.1 Å². The maximum Gasteiger partial charge on any atom is 0.119 e. The smallest absolute Gasteiger partial charge is 0.119 e. The fraction of sp³-hybridized carbons (Fsp3) is 0.290. The summed E-state index contributed by atoms with van der Waals surface area (Å²) in [5, 5.41) is 11.0. The molecule has 2 heterocycles. The maximum absolute atomic E-state index is 8.99. The molecule has 0 bridgehead atoms. The molecule has 1 aliphatic rings. The number of nitrogens with one attached hydrogen (secondary N) is 1. The zero-order valence-corrected chi connectivity index (χ0v) is 22.0. The highest BCUT2D eigenvalue weighted by molar-refractivity contribution is 6.31. The van der Waals surface area contributed by atoms with Crippen LogP contribution in [0.25, 0.3) is 10.9 Å². The zero-order chi connectivity index (χ0) is 25.1. The van der Waals surface area contributed by atoms with Crippen LogP contribution in [0.15, 0.2) is 79.0 Å². The zero-order valence-electron chi connectivity index (χ0n) is 21.3. The average Bonchev–Trinajstić information content (AvgIpc) is 3.25. The fourth-order valence-corrected chi connectivity index (χ4v) is 5.31. The molecule has 1 aromatic heterocycles. The van der Waals surface area contributed by atoms with E-state index in [1.165, 1.54) is 33.3 Å². The number of unbranched alkanes of at least 4 members (excludes halogenated alkanes) is 1. The van der Waals surface area contributed by atoms with Gasteiger partial charge in [-0.15, -0.1) is 0 Å². The predicted molar refractivity (Wildman–Crippen MR) is 151 cm³/mol. The molecule has 1 unspecified atom stereocenters. The topological polar surface area (TPSA) is 80.0 Å². The number of ether oxygens (including phenoxy) is 1. The van der Waals surface area contributed by atoms with Gasteiger partial charge in [0.2, 0.25) is 0 Å². The van der Waals surface area contributed by atoms with Crippen molar-refractivity contribution in [1.29, 1.82) is 0 Å². The van der Waals surface area contributed by atoms with E-state index in [0.717, 1.165) is 54.2 Å². The van der Waals surface area contributed by atoms with Gasteiger partial charge in [0, 0.05) is 46.9 Å². The monoisotopic (exact) mass is 518 g/mol. The van der Waals surface area contributed by atoms with Crippen LogP contribution in [-0.4, -0.2) is 40.2 Å². The third-order valence-electron chi connectivity index (χ3n) is 7.04. The third kappa shape index (κ3) is 5.85. The second-order valence-corrected chi connectivity index (χ2v) is 10.1. The van der Waals surface area contributed by atoms with Crippen molar-refractivity contribution in [3.05, 3.63) is 112 Å². The first-order valence-corrected chi connectivity index (χ1v) is 13.0. The van der Waals surface area contributed by atoms with Crippen molar-refractivity contribution in [1.82, 2.24) is 9.88 Å². The second kappa shape index (κ2) is 11.9. The molecule has 0 spiro atoms. The lowest BCUT2D eigenvalue weighted by molar-refractivity contribution is 0.252. The van der Waals surface area contributed by atoms with Crippen molar-refractivity contribution in [2.45, 2.75) is 38.6 Å². The van der Waals surface area contributed by atoms with Gasteiger partial charge in [-0.1, -0.05) is 60.1 Å². The van der Waals surface area contributed by atoms with Crippen molar-refractivity contribution < 1.29 is 15.3 Å². The van der Waals surface area contributed by atoms with E-state index in [2.05, 4.69) is 71.9 Å².